The van der Waals surface area contributed by atoms with Crippen molar-refractivity contribution >= 4 is 40.7 Å². The van der Waals surface area contributed by atoms with Gasteiger partial charge in [0.2, 0.25) is 5.91 Å². The predicted octanol–water partition coefficient (Wildman–Crippen LogP) is 1.19. The van der Waals surface area contributed by atoms with Crippen LogP contribution in [0.3, 0.4) is 0 Å². The van der Waals surface area contributed by atoms with Crippen molar-refractivity contribution in [2.45, 2.75) is 12.5 Å². The molecule has 1 unspecified atom stereocenters. The standard InChI is InChI=1S/C19H19N5O4S/c1-23-18(27)15(11-16(25)21-12-6-8-13(28-2)9-7-12)24(19(23)29)22-17(26)14-5-3-4-10-20-14/h3-10,15H,11H2,1-2H3,(H,21,25)(H,22,26). The number of benzene rings is 1. The molecule has 2 N–H and O–H groups in total. The number of nitrogens with zero attached hydrogens (tertiary/aromatic N) is 3. The maximum absolute atomic E-state index is 12.5. The fourth-order valence-corrected chi connectivity index (χ4v) is 3.02. The molecule has 1 aliphatic rings. The van der Waals surface area contributed by atoms with Crippen molar-refractivity contribution in [1.82, 2.24) is 20.3 Å². The van der Waals surface area contributed by atoms with E-state index in [1.165, 1.54) is 29.2 Å². The van der Waals surface area contributed by atoms with Crippen LogP contribution in [-0.2, 0) is 9.59 Å². The van der Waals surface area contributed by atoms with Crippen LogP contribution >= 0.6 is 12.2 Å². The number of methoxy groups -OCH3 is 1. The number of amides is 3. The van der Waals surface area contributed by atoms with E-state index in [1.807, 2.05) is 0 Å². The van der Waals surface area contributed by atoms with Crippen LogP contribution in [-0.4, -0.2) is 57.9 Å². The van der Waals surface area contributed by atoms with Crippen LogP contribution in [0.1, 0.15) is 16.9 Å². The molecular weight excluding hydrogens is 394 g/mol. The fourth-order valence-electron chi connectivity index (χ4n) is 2.75. The largest absolute Gasteiger partial charge is 0.497 e. The first-order valence-corrected chi connectivity index (χ1v) is 9.08. The second-order valence-electron chi connectivity index (χ2n) is 6.20. The van der Waals surface area contributed by atoms with Crippen LogP contribution in [0.4, 0.5) is 5.69 Å². The van der Waals surface area contributed by atoms with Gasteiger partial charge in [-0.3, -0.25) is 29.7 Å². The Morgan fingerprint density at radius 2 is 1.93 bits per heavy atom. The number of nitrogens with one attached hydrogen (secondary N) is 2. The number of aromatic nitrogens is 1. The van der Waals surface area contributed by atoms with E-state index >= 15 is 0 Å². The first kappa shape index (κ1) is 20.2. The van der Waals surface area contributed by atoms with Gasteiger partial charge in [0.05, 0.1) is 13.5 Å². The summed E-state index contributed by atoms with van der Waals surface area (Å²) in [6.07, 6.45) is 1.28. The van der Waals surface area contributed by atoms with E-state index in [4.69, 9.17) is 17.0 Å². The molecule has 1 fully saturated rings. The number of carbonyl (C=O) groups excluding carboxylic acids is 3. The highest BCUT2D eigenvalue weighted by Gasteiger charge is 2.42. The van der Waals surface area contributed by atoms with Crippen LogP contribution in [0.15, 0.2) is 48.7 Å². The van der Waals surface area contributed by atoms with Crippen LogP contribution in [0.5, 0.6) is 5.75 Å². The molecule has 2 heterocycles. The highest BCUT2D eigenvalue weighted by atomic mass is 32.1. The molecule has 1 saturated heterocycles. The molecule has 1 aliphatic heterocycles. The predicted molar refractivity (Wildman–Crippen MR) is 109 cm³/mol. The number of hydrogen-bond donors (Lipinski definition) is 2. The van der Waals surface area contributed by atoms with Crippen molar-refractivity contribution in [3.8, 4) is 5.75 Å². The lowest BCUT2D eigenvalue weighted by atomic mass is 10.2. The smallest absolute Gasteiger partial charge is 0.288 e. The number of likely N-dealkylation sites (N-methyl/N-ethyl adjacent to an activating group) is 1. The fraction of sp³-hybridized carbons (Fsp3) is 0.211. The van der Waals surface area contributed by atoms with Gasteiger partial charge in [-0.25, -0.2) is 5.01 Å². The van der Waals surface area contributed by atoms with Gasteiger partial charge >= 0.3 is 0 Å². The van der Waals surface area contributed by atoms with E-state index in [9.17, 15) is 14.4 Å². The van der Waals surface area contributed by atoms with Crippen LogP contribution in [0.25, 0.3) is 0 Å². The van der Waals surface area contributed by atoms with Crippen molar-refractivity contribution in [3.63, 3.8) is 0 Å². The zero-order valence-corrected chi connectivity index (χ0v) is 16.6. The number of pyridine rings is 1. The van der Waals surface area contributed by atoms with Gasteiger partial charge in [0.25, 0.3) is 11.8 Å². The van der Waals surface area contributed by atoms with Crippen molar-refractivity contribution in [2.24, 2.45) is 0 Å². The van der Waals surface area contributed by atoms with Crippen LogP contribution < -0.4 is 15.5 Å². The molecule has 0 bridgehead atoms. The van der Waals surface area contributed by atoms with Gasteiger partial charge in [-0.05, 0) is 48.6 Å². The summed E-state index contributed by atoms with van der Waals surface area (Å²) in [7, 11) is 3.04. The summed E-state index contributed by atoms with van der Waals surface area (Å²) < 4.78 is 5.08. The molecule has 3 rings (SSSR count). The van der Waals surface area contributed by atoms with Gasteiger partial charge < -0.3 is 10.1 Å². The van der Waals surface area contributed by atoms with Crippen molar-refractivity contribution in [1.29, 1.82) is 0 Å². The molecule has 1 aromatic carbocycles. The van der Waals surface area contributed by atoms with E-state index < -0.39 is 17.9 Å². The van der Waals surface area contributed by atoms with Crippen molar-refractivity contribution < 1.29 is 19.1 Å². The number of hydrazine groups is 1. The second-order valence-corrected chi connectivity index (χ2v) is 6.57. The maximum Gasteiger partial charge on any atom is 0.288 e. The molecule has 3 amide bonds. The van der Waals surface area contributed by atoms with E-state index in [0.717, 1.165) is 0 Å². The Morgan fingerprint density at radius 1 is 1.21 bits per heavy atom. The summed E-state index contributed by atoms with van der Waals surface area (Å²) in [6, 6.07) is 10.7. The third-order valence-electron chi connectivity index (χ3n) is 4.29. The minimum absolute atomic E-state index is 0.0986. The molecule has 0 aliphatic carbocycles. The monoisotopic (exact) mass is 413 g/mol. The highest BCUT2D eigenvalue weighted by Crippen LogP contribution is 2.20. The maximum atomic E-state index is 12.5. The Bertz CT molecular complexity index is 935. The molecule has 10 heteroatoms. The Kier molecular flexibility index (Phi) is 6.03. The van der Waals surface area contributed by atoms with E-state index in [-0.39, 0.29) is 23.1 Å². The average molecular weight is 413 g/mol. The zero-order chi connectivity index (χ0) is 21.0. The average Bonchev–Trinajstić information content (AvgIpc) is 2.93. The van der Waals surface area contributed by atoms with Gasteiger partial charge in [0.15, 0.2) is 5.11 Å². The third-order valence-corrected chi connectivity index (χ3v) is 4.76. The number of anilines is 1. The van der Waals surface area contributed by atoms with E-state index in [1.54, 1.807) is 43.5 Å². The lowest BCUT2D eigenvalue weighted by Crippen LogP contribution is -2.49. The van der Waals surface area contributed by atoms with Gasteiger partial charge in [0.1, 0.15) is 17.5 Å². The Balaban J connectivity index is 1.70. The first-order valence-electron chi connectivity index (χ1n) is 8.67. The molecule has 9 nitrogen and oxygen atoms in total. The molecular formula is C19H19N5O4S. The zero-order valence-electron chi connectivity index (χ0n) is 15.8. The van der Waals surface area contributed by atoms with E-state index in [2.05, 4.69) is 15.7 Å². The third kappa shape index (κ3) is 4.49. The van der Waals surface area contributed by atoms with Crippen molar-refractivity contribution in [2.75, 3.05) is 19.5 Å². The molecule has 29 heavy (non-hydrogen) atoms. The molecule has 2 aromatic rings. The lowest BCUT2D eigenvalue weighted by Gasteiger charge is -2.23. The Morgan fingerprint density at radius 3 is 2.55 bits per heavy atom. The minimum atomic E-state index is -0.960. The minimum Gasteiger partial charge on any atom is -0.497 e. The summed E-state index contributed by atoms with van der Waals surface area (Å²) in [4.78, 5) is 42.6. The quantitative estimate of drug-likeness (QED) is 0.686. The number of carbonyl (C=O) groups is 3. The summed E-state index contributed by atoms with van der Waals surface area (Å²) in [5.41, 5.74) is 3.29. The summed E-state index contributed by atoms with van der Waals surface area (Å²) in [5.74, 6) is -0.661. The number of hydrogen-bond acceptors (Lipinski definition) is 6. The normalized spacial score (nSPS) is 16.0. The summed E-state index contributed by atoms with van der Waals surface area (Å²) >= 11 is 5.25. The molecule has 1 aromatic heterocycles. The van der Waals surface area contributed by atoms with Crippen molar-refractivity contribution in [3.05, 3.63) is 54.4 Å². The lowest BCUT2D eigenvalue weighted by molar-refractivity contribution is -0.130. The Hall–Kier alpha value is -3.53. The van der Waals surface area contributed by atoms with Crippen LogP contribution in [0, 0.1) is 0 Å². The first-order chi connectivity index (χ1) is 13.9. The van der Waals surface area contributed by atoms with Gasteiger partial charge in [-0.2, -0.15) is 0 Å². The van der Waals surface area contributed by atoms with Crippen LogP contribution in [0.2, 0.25) is 0 Å². The summed E-state index contributed by atoms with van der Waals surface area (Å²) in [6.45, 7) is 0. The molecule has 0 spiro atoms. The molecule has 1 atom stereocenters. The molecule has 150 valence electrons. The summed E-state index contributed by atoms with van der Waals surface area (Å²) in [5, 5.41) is 4.04. The molecule has 0 saturated carbocycles. The number of thiocarbonyl (C=S) groups is 1. The number of ether oxygens (including phenoxy) is 1. The van der Waals surface area contributed by atoms with Gasteiger partial charge in [-0.1, -0.05) is 6.07 Å². The second kappa shape index (κ2) is 8.65. The van der Waals surface area contributed by atoms with E-state index in [0.29, 0.717) is 11.4 Å². The molecule has 0 radical (unpaired) electrons. The number of rotatable bonds is 6. The highest BCUT2D eigenvalue weighted by molar-refractivity contribution is 7.80. The SMILES string of the molecule is COc1ccc(NC(=O)CC2C(=O)N(C)C(=S)N2NC(=O)c2ccccn2)cc1. The van der Waals surface area contributed by atoms with Gasteiger partial charge in [0, 0.05) is 18.9 Å². The Labute approximate surface area is 172 Å². The van der Waals surface area contributed by atoms with Gasteiger partial charge in [-0.15, -0.1) is 0 Å². The topological polar surface area (TPSA) is 104 Å².